The van der Waals surface area contributed by atoms with Gasteiger partial charge in [-0.2, -0.15) is 4.31 Å². The van der Waals surface area contributed by atoms with E-state index in [-0.39, 0.29) is 11.9 Å². The van der Waals surface area contributed by atoms with Gasteiger partial charge in [-0.15, -0.1) is 11.3 Å². The minimum atomic E-state index is -3.24. The Morgan fingerprint density at radius 3 is 2.89 bits per heavy atom. The van der Waals surface area contributed by atoms with Crippen LogP contribution in [0.15, 0.2) is 17.5 Å². The van der Waals surface area contributed by atoms with E-state index in [1.165, 1.54) is 0 Å². The van der Waals surface area contributed by atoms with Gasteiger partial charge in [-0.25, -0.2) is 8.42 Å². The molecule has 0 aliphatic carbocycles. The van der Waals surface area contributed by atoms with Crippen LogP contribution in [0.4, 0.5) is 0 Å². The Kier molecular flexibility index (Phi) is 4.35. The predicted octanol–water partition coefficient (Wildman–Crippen LogP) is 2.12. The van der Waals surface area contributed by atoms with Crippen molar-refractivity contribution in [3.05, 3.63) is 22.4 Å². The summed E-state index contributed by atoms with van der Waals surface area (Å²) in [4.78, 5) is 1.11. The van der Waals surface area contributed by atoms with Gasteiger partial charge in [0.25, 0.3) is 0 Å². The van der Waals surface area contributed by atoms with Crippen molar-refractivity contribution in [2.75, 3.05) is 18.9 Å². The molecule has 4 nitrogen and oxygen atoms in total. The zero-order chi connectivity index (χ0) is 14.1. The summed E-state index contributed by atoms with van der Waals surface area (Å²) < 4.78 is 32.2. The van der Waals surface area contributed by atoms with Crippen LogP contribution in [0, 0.1) is 0 Å². The molecular weight excluding hydrogens is 282 g/mol. The van der Waals surface area contributed by atoms with E-state index in [0.717, 1.165) is 4.88 Å². The largest absolute Gasteiger partial charge is 0.375 e. The van der Waals surface area contributed by atoms with Crippen LogP contribution in [0.5, 0.6) is 0 Å². The molecule has 19 heavy (non-hydrogen) atoms. The number of nitrogens with zero attached hydrogens (tertiary/aromatic N) is 1. The van der Waals surface area contributed by atoms with Crippen molar-refractivity contribution < 1.29 is 13.2 Å². The van der Waals surface area contributed by atoms with Gasteiger partial charge in [-0.1, -0.05) is 6.07 Å². The normalized spacial score (nSPS) is 24.5. The highest BCUT2D eigenvalue weighted by Gasteiger charge is 2.40. The Labute approximate surface area is 119 Å². The summed E-state index contributed by atoms with van der Waals surface area (Å²) in [6.45, 7) is 6.65. The maximum Gasteiger partial charge on any atom is 0.215 e. The van der Waals surface area contributed by atoms with Gasteiger partial charge >= 0.3 is 0 Å². The molecular formula is C13H21NO3S2. The molecule has 108 valence electrons. The van der Waals surface area contributed by atoms with Crippen molar-refractivity contribution in [1.29, 1.82) is 0 Å². The van der Waals surface area contributed by atoms with Crippen molar-refractivity contribution in [2.24, 2.45) is 0 Å². The van der Waals surface area contributed by atoms with Crippen LogP contribution in [-0.4, -0.2) is 43.3 Å². The van der Waals surface area contributed by atoms with E-state index in [9.17, 15) is 8.42 Å². The molecule has 1 fully saturated rings. The van der Waals surface area contributed by atoms with Crippen molar-refractivity contribution in [3.8, 4) is 0 Å². The quantitative estimate of drug-likeness (QED) is 0.856. The first kappa shape index (κ1) is 15.0. The molecule has 0 radical (unpaired) electrons. The lowest BCUT2D eigenvalue weighted by Gasteiger charge is -2.43. The Morgan fingerprint density at radius 1 is 1.53 bits per heavy atom. The number of thiophene rings is 1. The molecule has 2 rings (SSSR count). The molecule has 1 saturated heterocycles. The lowest BCUT2D eigenvalue weighted by Crippen LogP contribution is -2.58. The Bertz CT molecular complexity index is 508. The maximum atomic E-state index is 12.5. The van der Waals surface area contributed by atoms with Gasteiger partial charge in [0.05, 0.1) is 24.0 Å². The highest BCUT2D eigenvalue weighted by molar-refractivity contribution is 7.89. The van der Waals surface area contributed by atoms with E-state index in [1.807, 2.05) is 38.3 Å². The second kappa shape index (κ2) is 5.52. The average Bonchev–Trinajstić information content (AvgIpc) is 2.83. The zero-order valence-electron chi connectivity index (χ0n) is 11.6. The first-order chi connectivity index (χ1) is 8.81. The van der Waals surface area contributed by atoms with E-state index in [2.05, 4.69) is 0 Å². The molecule has 0 spiro atoms. The fraction of sp³-hybridized carbons (Fsp3) is 0.692. The molecule has 0 amide bonds. The van der Waals surface area contributed by atoms with Crippen LogP contribution in [-0.2, 0) is 21.2 Å². The van der Waals surface area contributed by atoms with Gasteiger partial charge in [-0.3, -0.25) is 0 Å². The minimum Gasteiger partial charge on any atom is -0.375 e. The van der Waals surface area contributed by atoms with Crippen LogP contribution >= 0.6 is 11.3 Å². The molecule has 6 heteroatoms. The maximum absolute atomic E-state index is 12.5. The predicted molar refractivity (Wildman–Crippen MR) is 78.0 cm³/mol. The lowest BCUT2D eigenvalue weighted by atomic mass is 10.1. The molecule has 1 aliphatic rings. The number of morpholine rings is 1. The van der Waals surface area contributed by atoms with Gasteiger partial charge in [0.15, 0.2) is 0 Å². The van der Waals surface area contributed by atoms with Crippen LogP contribution in [0.2, 0.25) is 0 Å². The van der Waals surface area contributed by atoms with E-state index in [1.54, 1.807) is 15.6 Å². The number of hydrogen-bond acceptors (Lipinski definition) is 4. The van der Waals surface area contributed by atoms with Crippen molar-refractivity contribution in [2.45, 2.75) is 38.8 Å². The second-order valence-corrected chi connectivity index (χ2v) is 8.66. The van der Waals surface area contributed by atoms with Gasteiger partial charge < -0.3 is 4.74 Å². The lowest BCUT2D eigenvalue weighted by molar-refractivity contribution is -0.0550. The van der Waals surface area contributed by atoms with E-state index in [0.29, 0.717) is 19.6 Å². The standard InChI is InChI=1S/C13H21NO3S2/c1-11-9-14(13(2,3)10-17-11)19(15,16)8-6-12-5-4-7-18-12/h4-5,7,11H,6,8-10H2,1-3H3/t11-/m0/s1. The van der Waals surface area contributed by atoms with Crippen LogP contribution in [0.25, 0.3) is 0 Å². The Hall–Kier alpha value is -0.430. The summed E-state index contributed by atoms with van der Waals surface area (Å²) in [5.74, 6) is 0.170. The van der Waals surface area contributed by atoms with Crippen molar-refractivity contribution in [3.63, 3.8) is 0 Å². The topological polar surface area (TPSA) is 46.6 Å². The number of sulfonamides is 1. The van der Waals surface area contributed by atoms with Crippen molar-refractivity contribution in [1.82, 2.24) is 4.31 Å². The highest BCUT2D eigenvalue weighted by Crippen LogP contribution is 2.26. The molecule has 0 aromatic carbocycles. The van der Waals surface area contributed by atoms with E-state index in [4.69, 9.17) is 4.74 Å². The molecule has 1 aromatic rings. The molecule has 1 atom stereocenters. The third-order valence-corrected chi connectivity index (χ3v) is 6.31. The zero-order valence-corrected chi connectivity index (χ0v) is 13.3. The molecule has 0 unspecified atom stereocenters. The minimum absolute atomic E-state index is 0.0375. The third kappa shape index (κ3) is 3.56. The number of hydrogen-bond donors (Lipinski definition) is 0. The molecule has 1 aromatic heterocycles. The number of aryl methyl sites for hydroxylation is 1. The van der Waals surface area contributed by atoms with Crippen LogP contribution < -0.4 is 0 Å². The van der Waals surface area contributed by atoms with Gasteiger partial charge in [0.2, 0.25) is 10.0 Å². The first-order valence-corrected chi connectivity index (χ1v) is 8.95. The Morgan fingerprint density at radius 2 is 2.26 bits per heavy atom. The summed E-state index contributed by atoms with van der Waals surface area (Å²) in [6, 6.07) is 3.93. The molecule has 0 saturated carbocycles. The SMILES string of the molecule is C[C@H]1CN(S(=O)(=O)CCc2cccs2)C(C)(C)CO1. The molecule has 0 N–H and O–H groups in total. The highest BCUT2D eigenvalue weighted by atomic mass is 32.2. The smallest absolute Gasteiger partial charge is 0.215 e. The summed E-state index contributed by atoms with van der Waals surface area (Å²) >= 11 is 1.60. The summed E-state index contributed by atoms with van der Waals surface area (Å²) in [5, 5.41) is 1.97. The molecule has 1 aliphatic heterocycles. The van der Waals surface area contributed by atoms with E-state index >= 15 is 0 Å². The first-order valence-electron chi connectivity index (χ1n) is 6.46. The summed E-state index contributed by atoms with van der Waals surface area (Å²) in [5.41, 5.74) is -0.458. The molecule has 0 bridgehead atoms. The Balaban J connectivity index is 2.09. The van der Waals surface area contributed by atoms with Gasteiger partial charge in [0.1, 0.15) is 0 Å². The van der Waals surface area contributed by atoms with Crippen LogP contribution in [0.1, 0.15) is 25.6 Å². The van der Waals surface area contributed by atoms with Crippen molar-refractivity contribution >= 4 is 21.4 Å². The fourth-order valence-electron chi connectivity index (χ4n) is 2.24. The monoisotopic (exact) mass is 303 g/mol. The summed E-state index contributed by atoms with van der Waals surface area (Å²) in [7, 11) is -3.24. The average molecular weight is 303 g/mol. The van der Waals surface area contributed by atoms with Crippen LogP contribution in [0.3, 0.4) is 0 Å². The van der Waals surface area contributed by atoms with E-state index < -0.39 is 15.6 Å². The molecule has 2 heterocycles. The number of ether oxygens (including phenoxy) is 1. The van der Waals surface area contributed by atoms with Gasteiger partial charge in [0, 0.05) is 11.4 Å². The van der Waals surface area contributed by atoms with Gasteiger partial charge in [-0.05, 0) is 38.6 Å². The third-order valence-electron chi connectivity index (χ3n) is 3.34. The number of rotatable bonds is 4. The fourth-order valence-corrected chi connectivity index (χ4v) is 5.02. The summed E-state index contributed by atoms with van der Waals surface area (Å²) in [6.07, 6.45) is 0.548. The second-order valence-electron chi connectivity index (χ2n) is 5.61.